The van der Waals surface area contributed by atoms with Crippen LogP contribution in [0.25, 0.3) is 0 Å². The lowest BCUT2D eigenvalue weighted by atomic mass is 10.1. The molecular weight excluding hydrogens is 294 g/mol. The molecule has 0 fully saturated rings. The number of ether oxygens (including phenoxy) is 2. The van der Waals surface area contributed by atoms with Crippen molar-refractivity contribution in [3.8, 4) is 0 Å². The van der Waals surface area contributed by atoms with Crippen molar-refractivity contribution in [3.05, 3.63) is 10.1 Å². The molecular formula is C13H25N3O6. The first-order valence-electron chi connectivity index (χ1n) is 6.96. The van der Waals surface area contributed by atoms with Crippen molar-refractivity contribution >= 4 is 12.2 Å². The van der Waals surface area contributed by atoms with Crippen molar-refractivity contribution in [1.82, 2.24) is 10.6 Å². The number of rotatable bonds is 7. The van der Waals surface area contributed by atoms with E-state index in [1.54, 1.807) is 20.8 Å². The van der Waals surface area contributed by atoms with E-state index in [-0.39, 0.29) is 13.2 Å². The Morgan fingerprint density at radius 2 is 1.55 bits per heavy atom. The van der Waals surface area contributed by atoms with Gasteiger partial charge >= 0.3 is 12.2 Å². The van der Waals surface area contributed by atoms with Crippen LogP contribution < -0.4 is 10.6 Å². The molecule has 0 bridgehead atoms. The van der Waals surface area contributed by atoms with E-state index >= 15 is 0 Å². The fraction of sp³-hybridized carbons (Fsp3) is 0.846. The van der Waals surface area contributed by atoms with Gasteiger partial charge in [-0.1, -0.05) is 0 Å². The molecule has 0 aliphatic carbocycles. The molecule has 0 radical (unpaired) electrons. The summed E-state index contributed by atoms with van der Waals surface area (Å²) >= 11 is 0. The summed E-state index contributed by atoms with van der Waals surface area (Å²) in [6.45, 7) is 8.30. The summed E-state index contributed by atoms with van der Waals surface area (Å²) in [5, 5.41) is 15.6. The lowest BCUT2D eigenvalue weighted by molar-refractivity contribution is -0.563. The van der Waals surface area contributed by atoms with Gasteiger partial charge in [-0.2, -0.15) is 0 Å². The molecule has 0 saturated heterocycles. The van der Waals surface area contributed by atoms with Crippen LogP contribution >= 0.6 is 0 Å². The third-order valence-electron chi connectivity index (χ3n) is 2.34. The first-order valence-corrected chi connectivity index (χ1v) is 6.96. The molecule has 0 heterocycles. The van der Waals surface area contributed by atoms with Crippen LogP contribution in [0.1, 0.15) is 41.0 Å². The van der Waals surface area contributed by atoms with Gasteiger partial charge in [0.05, 0.1) is 0 Å². The standard InChI is InChI=1S/C13H25N3O6/c1-12(2,3)22-11(18)15-8-6-7-14-10(17)21-9-13(4,5)16(19)20/h6-9H2,1-5H3,(H,14,17)(H,15,18). The van der Waals surface area contributed by atoms with Crippen molar-refractivity contribution in [2.75, 3.05) is 19.7 Å². The molecule has 2 N–H and O–H groups in total. The van der Waals surface area contributed by atoms with Gasteiger partial charge in [-0.25, -0.2) is 9.59 Å². The summed E-state index contributed by atoms with van der Waals surface area (Å²) in [5.74, 6) is 0. The summed E-state index contributed by atoms with van der Waals surface area (Å²) in [7, 11) is 0. The van der Waals surface area contributed by atoms with Crippen LogP contribution in [-0.4, -0.2) is 47.9 Å². The first kappa shape index (κ1) is 19.9. The zero-order valence-electron chi connectivity index (χ0n) is 13.7. The maximum absolute atomic E-state index is 11.3. The zero-order chi connectivity index (χ0) is 17.4. The fourth-order valence-corrected chi connectivity index (χ4v) is 1.13. The maximum atomic E-state index is 11.3. The number of nitrogens with one attached hydrogen (secondary N) is 2. The molecule has 0 aromatic heterocycles. The molecule has 0 aromatic carbocycles. The Labute approximate surface area is 129 Å². The molecule has 0 unspecified atom stereocenters. The van der Waals surface area contributed by atoms with E-state index < -0.39 is 28.2 Å². The fourth-order valence-electron chi connectivity index (χ4n) is 1.13. The second kappa shape index (κ2) is 8.40. The molecule has 0 aromatic rings. The molecule has 0 saturated carbocycles. The SMILES string of the molecule is CC(C)(C)OC(=O)NCCCNC(=O)OCC(C)(C)[N+](=O)[O-]. The molecule has 0 rings (SSSR count). The third-order valence-corrected chi connectivity index (χ3v) is 2.34. The van der Waals surface area contributed by atoms with Crippen LogP contribution in [0.3, 0.4) is 0 Å². The van der Waals surface area contributed by atoms with Gasteiger partial charge in [-0.05, 0) is 27.2 Å². The highest BCUT2D eigenvalue weighted by atomic mass is 16.6. The smallest absolute Gasteiger partial charge is 0.407 e. The van der Waals surface area contributed by atoms with E-state index in [2.05, 4.69) is 10.6 Å². The predicted octanol–water partition coefficient (Wildman–Crippen LogP) is 1.68. The number of nitrogens with zero attached hydrogens (tertiary/aromatic N) is 1. The predicted molar refractivity (Wildman–Crippen MR) is 79.3 cm³/mol. The van der Waals surface area contributed by atoms with Crippen molar-refractivity contribution in [3.63, 3.8) is 0 Å². The second-order valence-electron chi connectivity index (χ2n) is 6.35. The van der Waals surface area contributed by atoms with Crippen LogP contribution in [0.2, 0.25) is 0 Å². The van der Waals surface area contributed by atoms with Crippen molar-refractivity contribution in [1.29, 1.82) is 0 Å². The summed E-state index contributed by atoms with van der Waals surface area (Å²) in [5.41, 5.74) is -1.88. The normalized spacial score (nSPS) is 11.5. The van der Waals surface area contributed by atoms with E-state index in [0.717, 1.165) is 0 Å². The summed E-state index contributed by atoms with van der Waals surface area (Å²) in [6.07, 6.45) is -0.775. The van der Waals surface area contributed by atoms with Crippen LogP contribution in [-0.2, 0) is 9.47 Å². The number of carbonyl (C=O) groups excluding carboxylic acids is 2. The molecule has 22 heavy (non-hydrogen) atoms. The Balaban J connectivity index is 3.74. The molecule has 0 aliphatic heterocycles. The van der Waals surface area contributed by atoms with Crippen molar-refractivity contribution in [2.24, 2.45) is 0 Å². The zero-order valence-corrected chi connectivity index (χ0v) is 13.7. The van der Waals surface area contributed by atoms with Gasteiger partial charge < -0.3 is 20.1 Å². The second-order valence-corrected chi connectivity index (χ2v) is 6.35. The number of carbonyl (C=O) groups is 2. The minimum absolute atomic E-state index is 0.271. The molecule has 0 atom stereocenters. The number of alkyl carbamates (subject to hydrolysis) is 2. The van der Waals surface area contributed by atoms with Gasteiger partial charge in [0.2, 0.25) is 5.54 Å². The largest absolute Gasteiger partial charge is 0.444 e. The minimum Gasteiger partial charge on any atom is -0.444 e. The summed E-state index contributed by atoms with van der Waals surface area (Å²) in [4.78, 5) is 32.8. The Bertz CT molecular complexity index is 403. The van der Waals surface area contributed by atoms with Gasteiger partial charge in [0.15, 0.2) is 6.61 Å². The van der Waals surface area contributed by atoms with Crippen molar-refractivity contribution < 1.29 is 24.0 Å². The Morgan fingerprint density at radius 1 is 1.05 bits per heavy atom. The molecule has 0 aliphatic rings. The summed E-state index contributed by atoms with van der Waals surface area (Å²) < 4.78 is 9.80. The average molecular weight is 319 g/mol. The van der Waals surface area contributed by atoms with Crippen LogP contribution in [0.4, 0.5) is 9.59 Å². The monoisotopic (exact) mass is 319 g/mol. The Hall–Kier alpha value is -2.06. The molecule has 2 amide bonds. The average Bonchev–Trinajstić information content (AvgIpc) is 2.33. The highest BCUT2D eigenvalue weighted by Gasteiger charge is 2.32. The minimum atomic E-state index is -1.32. The lowest BCUT2D eigenvalue weighted by Crippen LogP contribution is -2.39. The molecule has 9 nitrogen and oxygen atoms in total. The van der Waals surface area contributed by atoms with E-state index in [4.69, 9.17) is 9.47 Å². The number of nitro groups is 1. The van der Waals surface area contributed by atoms with E-state index in [1.807, 2.05) is 0 Å². The Morgan fingerprint density at radius 3 is 2.00 bits per heavy atom. The van der Waals surface area contributed by atoms with Gasteiger partial charge in [-0.15, -0.1) is 0 Å². The Kier molecular flexibility index (Phi) is 7.61. The van der Waals surface area contributed by atoms with E-state index in [1.165, 1.54) is 13.8 Å². The van der Waals surface area contributed by atoms with E-state index in [0.29, 0.717) is 13.0 Å². The topological polar surface area (TPSA) is 120 Å². The number of hydrogen-bond acceptors (Lipinski definition) is 6. The maximum Gasteiger partial charge on any atom is 0.407 e. The highest BCUT2D eigenvalue weighted by Crippen LogP contribution is 2.07. The quantitative estimate of drug-likeness (QED) is 0.418. The van der Waals surface area contributed by atoms with Crippen LogP contribution in [0.5, 0.6) is 0 Å². The van der Waals surface area contributed by atoms with Gasteiger partial charge in [0, 0.05) is 31.9 Å². The van der Waals surface area contributed by atoms with Crippen LogP contribution in [0, 0.1) is 10.1 Å². The molecule has 128 valence electrons. The van der Waals surface area contributed by atoms with Crippen molar-refractivity contribution in [2.45, 2.75) is 52.2 Å². The van der Waals surface area contributed by atoms with Gasteiger partial charge in [0.1, 0.15) is 5.60 Å². The van der Waals surface area contributed by atoms with Gasteiger partial charge in [-0.3, -0.25) is 10.1 Å². The first-order chi connectivity index (χ1) is 9.94. The highest BCUT2D eigenvalue weighted by molar-refractivity contribution is 5.68. The molecule has 0 spiro atoms. The van der Waals surface area contributed by atoms with Gasteiger partial charge in [0.25, 0.3) is 0 Å². The number of hydrogen-bond donors (Lipinski definition) is 2. The van der Waals surface area contributed by atoms with E-state index in [9.17, 15) is 19.7 Å². The van der Waals surface area contributed by atoms with Crippen LogP contribution in [0.15, 0.2) is 0 Å². The summed E-state index contributed by atoms with van der Waals surface area (Å²) in [6, 6.07) is 0. The molecule has 9 heteroatoms. The number of amides is 2. The lowest BCUT2D eigenvalue weighted by Gasteiger charge is -2.19. The third kappa shape index (κ3) is 9.78.